The maximum absolute atomic E-state index is 13.1. The van der Waals surface area contributed by atoms with Crippen molar-refractivity contribution in [3.05, 3.63) is 55.7 Å². The third kappa shape index (κ3) is 4.09. The summed E-state index contributed by atoms with van der Waals surface area (Å²) in [5.41, 5.74) is 0.658. The number of benzene rings is 1. The van der Waals surface area contributed by atoms with E-state index in [2.05, 4.69) is 29.0 Å². The van der Waals surface area contributed by atoms with Gasteiger partial charge in [0.05, 0.1) is 6.54 Å². The van der Waals surface area contributed by atoms with Crippen LogP contribution in [0.25, 0.3) is 11.2 Å². The van der Waals surface area contributed by atoms with Crippen molar-refractivity contribution in [1.82, 2.24) is 23.6 Å². The van der Waals surface area contributed by atoms with Crippen molar-refractivity contribution in [3.63, 3.8) is 0 Å². The molecule has 29 heavy (non-hydrogen) atoms. The third-order valence-corrected chi connectivity index (χ3v) is 5.62. The monoisotopic (exact) mass is 418 g/mol. The summed E-state index contributed by atoms with van der Waals surface area (Å²) >= 11 is 6.22. The fraction of sp³-hybridized carbons (Fsp3) is 0.450. The Hall–Kier alpha value is -2.58. The number of likely N-dealkylation sites (N-methyl/N-ethyl adjacent to an activating group) is 1. The second-order valence-corrected chi connectivity index (χ2v) is 7.35. The molecule has 1 N–H and O–H groups in total. The van der Waals surface area contributed by atoms with Crippen molar-refractivity contribution < 1.29 is 0 Å². The van der Waals surface area contributed by atoms with E-state index in [9.17, 15) is 9.59 Å². The zero-order valence-electron chi connectivity index (χ0n) is 17.3. The molecule has 0 fully saturated rings. The van der Waals surface area contributed by atoms with Crippen LogP contribution in [0.4, 0.5) is 5.95 Å². The van der Waals surface area contributed by atoms with Crippen LogP contribution in [0.2, 0.25) is 5.02 Å². The van der Waals surface area contributed by atoms with Crippen LogP contribution in [-0.2, 0) is 20.6 Å². The van der Waals surface area contributed by atoms with Crippen molar-refractivity contribution in [2.45, 2.75) is 20.4 Å². The molecule has 0 amide bonds. The van der Waals surface area contributed by atoms with Crippen molar-refractivity contribution >= 4 is 28.7 Å². The first-order valence-electron chi connectivity index (χ1n) is 9.74. The van der Waals surface area contributed by atoms with Gasteiger partial charge in [-0.2, -0.15) is 4.98 Å². The Morgan fingerprint density at radius 2 is 1.79 bits per heavy atom. The lowest BCUT2D eigenvalue weighted by Crippen LogP contribution is -2.39. The number of nitrogens with one attached hydrogen (secondary N) is 1. The fourth-order valence-corrected chi connectivity index (χ4v) is 3.60. The van der Waals surface area contributed by atoms with E-state index in [1.807, 2.05) is 18.2 Å². The van der Waals surface area contributed by atoms with Crippen LogP contribution in [0.1, 0.15) is 19.4 Å². The Bertz CT molecular complexity index is 1130. The highest BCUT2D eigenvalue weighted by Gasteiger charge is 2.19. The van der Waals surface area contributed by atoms with Crippen molar-refractivity contribution in [3.8, 4) is 0 Å². The molecule has 1 aromatic carbocycles. The molecule has 0 atom stereocenters. The highest BCUT2D eigenvalue weighted by atomic mass is 35.5. The molecule has 2 aromatic heterocycles. The summed E-state index contributed by atoms with van der Waals surface area (Å²) in [6.45, 7) is 7.86. The normalized spacial score (nSPS) is 11.5. The lowest BCUT2D eigenvalue weighted by Gasteiger charge is -2.18. The number of hydrogen-bond acceptors (Lipinski definition) is 5. The van der Waals surface area contributed by atoms with Gasteiger partial charge in [-0.1, -0.05) is 43.6 Å². The van der Waals surface area contributed by atoms with E-state index >= 15 is 0 Å². The van der Waals surface area contributed by atoms with Gasteiger partial charge in [0.15, 0.2) is 11.2 Å². The summed E-state index contributed by atoms with van der Waals surface area (Å²) in [6, 6.07) is 7.19. The molecule has 0 unspecified atom stereocenters. The molecule has 0 saturated carbocycles. The number of aromatic nitrogens is 4. The molecule has 0 radical (unpaired) electrons. The second kappa shape index (κ2) is 8.84. The topological polar surface area (TPSA) is 77.1 Å². The quantitative estimate of drug-likeness (QED) is 0.604. The number of aryl methyl sites for hydroxylation is 2. The number of hydrogen-bond donors (Lipinski definition) is 1. The van der Waals surface area contributed by atoms with E-state index in [1.165, 1.54) is 9.13 Å². The van der Waals surface area contributed by atoms with Crippen LogP contribution >= 0.6 is 11.6 Å². The third-order valence-electron chi connectivity index (χ3n) is 5.25. The van der Waals surface area contributed by atoms with Crippen molar-refractivity contribution in [2.75, 3.05) is 31.5 Å². The first-order valence-corrected chi connectivity index (χ1v) is 10.1. The van der Waals surface area contributed by atoms with Gasteiger partial charge in [-0.3, -0.25) is 13.9 Å². The maximum Gasteiger partial charge on any atom is 0.332 e. The minimum absolute atomic E-state index is 0.108. The Labute approximate surface area is 174 Å². The SMILES string of the molecule is CCN(CC)CCNc1nc2c(c(=O)n(Cc3ccccc3Cl)c(=O)n2C)n1C. The fourth-order valence-electron chi connectivity index (χ4n) is 3.40. The molecule has 8 nitrogen and oxygen atoms in total. The summed E-state index contributed by atoms with van der Waals surface area (Å²) in [5.74, 6) is 0.565. The summed E-state index contributed by atoms with van der Waals surface area (Å²) in [5, 5.41) is 3.80. The largest absolute Gasteiger partial charge is 0.354 e. The van der Waals surface area contributed by atoms with Crippen LogP contribution in [0.5, 0.6) is 0 Å². The van der Waals surface area contributed by atoms with E-state index in [1.54, 1.807) is 24.7 Å². The molecule has 0 bridgehead atoms. The van der Waals surface area contributed by atoms with E-state index in [0.29, 0.717) is 34.2 Å². The molecule has 0 saturated heterocycles. The highest BCUT2D eigenvalue weighted by Crippen LogP contribution is 2.16. The van der Waals surface area contributed by atoms with Gasteiger partial charge >= 0.3 is 5.69 Å². The minimum Gasteiger partial charge on any atom is -0.354 e. The Kier molecular flexibility index (Phi) is 6.44. The van der Waals surface area contributed by atoms with Gasteiger partial charge in [0.25, 0.3) is 5.56 Å². The predicted molar refractivity (Wildman–Crippen MR) is 117 cm³/mol. The lowest BCUT2D eigenvalue weighted by atomic mass is 10.2. The zero-order chi connectivity index (χ0) is 21.1. The van der Waals surface area contributed by atoms with Gasteiger partial charge in [0.2, 0.25) is 5.95 Å². The average Bonchev–Trinajstić information content (AvgIpc) is 3.05. The molecule has 3 aromatic rings. The first kappa shape index (κ1) is 21.1. The number of rotatable bonds is 8. The van der Waals surface area contributed by atoms with E-state index in [0.717, 1.165) is 19.6 Å². The Morgan fingerprint density at radius 1 is 1.10 bits per heavy atom. The Balaban J connectivity index is 2.00. The van der Waals surface area contributed by atoms with Gasteiger partial charge in [0.1, 0.15) is 0 Å². The van der Waals surface area contributed by atoms with Crippen LogP contribution in [0.3, 0.4) is 0 Å². The second-order valence-electron chi connectivity index (χ2n) is 6.94. The van der Waals surface area contributed by atoms with E-state index < -0.39 is 5.69 Å². The smallest absolute Gasteiger partial charge is 0.332 e. The molecule has 2 heterocycles. The van der Waals surface area contributed by atoms with E-state index in [-0.39, 0.29) is 12.1 Å². The van der Waals surface area contributed by atoms with Crippen molar-refractivity contribution in [2.24, 2.45) is 14.1 Å². The molecule has 0 aliphatic heterocycles. The zero-order valence-corrected chi connectivity index (χ0v) is 18.0. The predicted octanol–water partition coefficient (Wildman–Crippen LogP) is 1.89. The molecular weight excluding hydrogens is 392 g/mol. The number of imidazole rings is 1. The Morgan fingerprint density at radius 3 is 2.45 bits per heavy atom. The van der Waals surface area contributed by atoms with E-state index in [4.69, 9.17) is 11.6 Å². The molecule has 0 aliphatic carbocycles. The van der Waals surface area contributed by atoms with Gasteiger partial charge in [-0.15, -0.1) is 0 Å². The summed E-state index contributed by atoms with van der Waals surface area (Å²) in [6.07, 6.45) is 0. The van der Waals surface area contributed by atoms with Gasteiger partial charge in [0, 0.05) is 32.2 Å². The van der Waals surface area contributed by atoms with Crippen molar-refractivity contribution in [1.29, 1.82) is 0 Å². The average molecular weight is 419 g/mol. The standard InChI is InChI=1S/C20H27ClN6O2/c1-5-26(6-2)12-11-22-19-23-17-16(24(19)3)18(28)27(20(29)25(17)4)13-14-9-7-8-10-15(14)21/h7-10H,5-6,11-13H2,1-4H3,(H,22,23). The van der Waals surface area contributed by atoms with Crippen LogP contribution < -0.4 is 16.6 Å². The molecule has 0 aliphatic rings. The van der Waals surface area contributed by atoms with Crippen LogP contribution in [-0.4, -0.2) is 49.8 Å². The number of anilines is 1. The molecule has 156 valence electrons. The molecule has 9 heteroatoms. The maximum atomic E-state index is 13.1. The molecular formula is C20H27ClN6O2. The first-order chi connectivity index (χ1) is 13.9. The number of halogens is 1. The summed E-state index contributed by atoms with van der Waals surface area (Å²) in [4.78, 5) is 32.8. The van der Waals surface area contributed by atoms with Gasteiger partial charge in [-0.05, 0) is 24.7 Å². The number of nitrogens with zero attached hydrogens (tertiary/aromatic N) is 5. The van der Waals surface area contributed by atoms with Crippen LogP contribution in [0.15, 0.2) is 33.9 Å². The number of fused-ring (bicyclic) bond motifs is 1. The van der Waals surface area contributed by atoms with Gasteiger partial charge in [-0.25, -0.2) is 4.79 Å². The highest BCUT2D eigenvalue weighted by molar-refractivity contribution is 6.31. The van der Waals surface area contributed by atoms with Gasteiger partial charge < -0.3 is 14.8 Å². The molecule has 0 spiro atoms. The van der Waals surface area contributed by atoms with Crippen LogP contribution in [0, 0.1) is 0 Å². The molecule has 3 rings (SSSR count). The summed E-state index contributed by atoms with van der Waals surface area (Å²) in [7, 11) is 3.40. The minimum atomic E-state index is -0.421. The summed E-state index contributed by atoms with van der Waals surface area (Å²) < 4.78 is 4.32. The lowest BCUT2D eigenvalue weighted by molar-refractivity contribution is 0.315.